The Bertz CT molecular complexity index is 736. The Balaban J connectivity index is 2.16. The zero-order valence-corrected chi connectivity index (χ0v) is 14.4. The summed E-state index contributed by atoms with van der Waals surface area (Å²) in [6.07, 6.45) is 1.79. The van der Waals surface area contributed by atoms with E-state index in [0.29, 0.717) is 12.3 Å². The summed E-state index contributed by atoms with van der Waals surface area (Å²) in [5.41, 5.74) is 1.62. The van der Waals surface area contributed by atoms with Crippen molar-refractivity contribution in [1.82, 2.24) is 19.8 Å². The quantitative estimate of drug-likeness (QED) is 0.792. The van der Waals surface area contributed by atoms with Crippen LogP contribution >= 0.6 is 15.9 Å². The first-order chi connectivity index (χ1) is 9.83. The lowest BCUT2D eigenvalue weighted by Gasteiger charge is -2.04. The Morgan fingerprint density at radius 1 is 1.43 bits per heavy atom. The molecule has 0 radical (unpaired) electrons. The molecule has 21 heavy (non-hydrogen) atoms. The van der Waals surface area contributed by atoms with Crippen molar-refractivity contribution >= 4 is 26.0 Å². The number of sulfonamides is 1. The summed E-state index contributed by atoms with van der Waals surface area (Å²) in [5.74, 6) is 0.544. The third kappa shape index (κ3) is 3.73. The number of halogens is 1. The van der Waals surface area contributed by atoms with Gasteiger partial charge in [0.25, 0.3) is 0 Å². The standard InChI is InChI=1S/C12H17BrN4O3S/c1-8-9(7-17(3)16-8)5-15-21(18,19)11-4-10(6-14-2)20-12(11)13/h4,7,14-15H,5-6H2,1-3H3. The molecule has 0 saturated heterocycles. The Kier molecular flexibility index (Phi) is 4.87. The molecular formula is C12H17BrN4O3S. The monoisotopic (exact) mass is 376 g/mol. The van der Waals surface area contributed by atoms with E-state index in [1.54, 1.807) is 25.0 Å². The van der Waals surface area contributed by atoms with Crippen LogP contribution in [0.1, 0.15) is 17.0 Å². The molecule has 0 bridgehead atoms. The highest BCUT2D eigenvalue weighted by Gasteiger charge is 2.22. The lowest BCUT2D eigenvalue weighted by atomic mass is 10.3. The van der Waals surface area contributed by atoms with Crippen molar-refractivity contribution in [2.24, 2.45) is 7.05 Å². The van der Waals surface area contributed by atoms with E-state index < -0.39 is 10.0 Å². The minimum absolute atomic E-state index is 0.0919. The maximum absolute atomic E-state index is 12.3. The first-order valence-electron chi connectivity index (χ1n) is 6.25. The minimum atomic E-state index is -3.65. The number of hydrogen-bond donors (Lipinski definition) is 2. The Hall–Kier alpha value is -1.16. The molecule has 2 heterocycles. The fourth-order valence-corrected chi connectivity index (χ4v) is 3.92. The van der Waals surface area contributed by atoms with Gasteiger partial charge in [-0.1, -0.05) is 0 Å². The number of aryl methyl sites for hydroxylation is 2. The Labute approximate surface area is 131 Å². The summed E-state index contributed by atoms with van der Waals surface area (Å²) < 4.78 is 34.4. The zero-order valence-electron chi connectivity index (χ0n) is 12.0. The van der Waals surface area contributed by atoms with Crippen LogP contribution in [0.2, 0.25) is 0 Å². The van der Waals surface area contributed by atoms with Crippen molar-refractivity contribution in [2.45, 2.75) is 24.9 Å². The second-order valence-corrected chi connectivity index (χ2v) is 7.07. The third-order valence-electron chi connectivity index (χ3n) is 2.91. The molecule has 2 rings (SSSR count). The van der Waals surface area contributed by atoms with E-state index in [-0.39, 0.29) is 16.1 Å². The van der Waals surface area contributed by atoms with Gasteiger partial charge in [-0.25, -0.2) is 13.1 Å². The molecule has 2 N–H and O–H groups in total. The van der Waals surface area contributed by atoms with Crippen LogP contribution in [-0.2, 0) is 30.2 Å². The van der Waals surface area contributed by atoms with Gasteiger partial charge in [-0.05, 0) is 29.9 Å². The van der Waals surface area contributed by atoms with Crippen molar-refractivity contribution in [1.29, 1.82) is 0 Å². The normalized spacial score (nSPS) is 12.0. The van der Waals surface area contributed by atoms with Gasteiger partial charge in [0.15, 0.2) is 4.67 Å². The molecule has 2 aromatic heterocycles. The van der Waals surface area contributed by atoms with E-state index in [0.717, 1.165) is 11.3 Å². The van der Waals surface area contributed by atoms with Gasteiger partial charge in [-0.3, -0.25) is 4.68 Å². The average Bonchev–Trinajstić information content (AvgIpc) is 2.91. The van der Waals surface area contributed by atoms with Crippen molar-refractivity contribution in [2.75, 3.05) is 7.05 Å². The summed E-state index contributed by atoms with van der Waals surface area (Å²) >= 11 is 3.14. The van der Waals surface area contributed by atoms with Gasteiger partial charge in [-0.15, -0.1) is 0 Å². The molecule has 116 valence electrons. The molecule has 0 spiro atoms. The summed E-state index contributed by atoms with van der Waals surface area (Å²) in [5, 5.41) is 7.08. The molecule has 0 aromatic carbocycles. The summed E-state index contributed by atoms with van der Waals surface area (Å²) in [6, 6.07) is 1.50. The fourth-order valence-electron chi connectivity index (χ4n) is 1.92. The zero-order chi connectivity index (χ0) is 15.6. The number of nitrogens with one attached hydrogen (secondary N) is 2. The highest BCUT2D eigenvalue weighted by atomic mass is 79.9. The van der Waals surface area contributed by atoms with Crippen molar-refractivity contribution in [3.63, 3.8) is 0 Å². The molecule has 0 fully saturated rings. The van der Waals surface area contributed by atoms with E-state index in [1.807, 2.05) is 6.92 Å². The minimum Gasteiger partial charge on any atom is -0.452 e. The van der Waals surface area contributed by atoms with Crippen LogP contribution in [0, 0.1) is 6.92 Å². The second kappa shape index (κ2) is 6.30. The number of rotatable bonds is 6. The van der Waals surface area contributed by atoms with Crippen LogP contribution in [0.4, 0.5) is 0 Å². The number of hydrogen-bond acceptors (Lipinski definition) is 5. The summed E-state index contributed by atoms with van der Waals surface area (Å²) in [7, 11) is -0.0983. The van der Waals surface area contributed by atoms with Crippen molar-refractivity contribution < 1.29 is 12.8 Å². The number of aromatic nitrogens is 2. The number of nitrogens with zero attached hydrogens (tertiary/aromatic N) is 2. The van der Waals surface area contributed by atoms with E-state index >= 15 is 0 Å². The lowest BCUT2D eigenvalue weighted by Crippen LogP contribution is -2.23. The van der Waals surface area contributed by atoms with Crippen LogP contribution < -0.4 is 10.0 Å². The van der Waals surface area contributed by atoms with Crippen molar-refractivity contribution in [3.8, 4) is 0 Å². The maximum Gasteiger partial charge on any atom is 0.245 e. The topological polar surface area (TPSA) is 89.2 Å². The highest BCUT2D eigenvalue weighted by Crippen LogP contribution is 2.26. The molecule has 9 heteroatoms. The Morgan fingerprint density at radius 2 is 2.14 bits per heavy atom. The van der Waals surface area contributed by atoms with Gasteiger partial charge in [0, 0.05) is 31.4 Å². The van der Waals surface area contributed by atoms with Gasteiger partial charge in [-0.2, -0.15) is 5.10 Å². The molecular weight excluding hydrogens is 360 g/mol. The summed E-state index contributed by atoms with van der Waals surface area (Å²) in [6.45, 7) is 2.47. The molecule has 0 atom stereocenters. The summed E-state index contributed by atoms with van der Waals surface area (Å²) in [4.78, 5) is 0.0919. The van der Waals surface area contributed by atoms with E-state index in [1.165, 1.54) is 6.07 Å². The molecule has 7 nitrogen and oxygen atoms in total. The number of furan rings is 1. The molecule has 0 aliphatic rings. The smallest absolute Gasteiger partial charge is 0.245 e. The second-order valence-electron chi connectivity index (χ2n) is 4.62. The van der Waals surface area contributed by atoms with Crippen molar-refractivity contribution in [3.05, 3.63) is 34.0 Å². The van der Waals surface area contributed by atoms with Gasteiger partial charge in [0.05, 0.1) is 12.2 Å². The molecule has 0 aliphatic carbocycles. The van der Waals surface area contributed by atoms with Gasteiger partial charge in [0.1, 0.15) is 10.7 Å². The molecule has 0 saturated carbocycles. The average molecular weight is 377 g/mol. The highest BCUT2D eigenvalue weighted by molar-refractivity contribution is 9.10. The van der Waals surface area contributed by atoms with E-state index in [9.17, 15) is 8.42 Å². The lowest BCUT2D eigenvalue weighted by molar-refractivity contribution is 0.470. The van der Waals surface area contributed by atoms with Crippen LogP contribution in [0.15, 0.2) is 26.2 Å². The largest absolute Gasteiger partial charge is 0.452 e. The van der Waals surface area contributed by atoms with Crippen LogP contribution in [-0.4, -0.2) is 25.2 Å². The first-order valence-corrected chi connectivity index (χ1v) is 8.52. The predicted octanol–water partition coefficient (Wildman–Crippen LogP) is 1.28. The van der Waals surface area contributed by atoms with Gasteiger partial charge in [0.2, 0.25) is 10.0 Å². The van der Waals surface area contributed by atoms with E-state index in [2.05, 4.69) is 31.1 Å². The van der Waals surface area contributed by atoms with Gasteiger partial charge < -0.3 is 9.73 Å². The molecule has 0 unspecified atom stereocenters. The SMILES string of the molecule is CNCc1cc(S(=O)(=O)NCc2cn(C)nc2C)c(Br)o1. The van der Waals surface area contributed by atoms with Gasteiger partial charge >= 0.3 is 0 Å². The molecule has 2 aromatic rings. The van der Waals surface area contributed by atoms with Crippen LogP contribution in [0.3, 0.4) is 0 Å². The van der Waals surface area contributed by atoms with Crippen LogP contribution in [0.5, 0.6) is 0 Å². The molecule has 0 amide bonds. The van der Waals surface area contributed by atoms with E-state index in [4.69, 9.17) is 4.42 Å². The Morgan fingerprint density at radius 3 is 2.71 bits per heavy atom. The predicted molar refractivity (Wildman–Crippen MR) is 81.1 cm³/mol. The fraction of sp³-hybridized carbons (Fsp3) is 0.417. The molecule has 0 aliphatic heterocycles. The maximum atomic E-state index is 12.3. The van der Waals surface area contributed by atoms with Crippen LogP contribution in [0.25, 0.3) is 0 Å². The third-order valence-corrected chi connectivity index (χ3v) is 5.17. The first kappa shape index (κ1) is 16.2.